The molecule has 0 unspecified atom stereocenters. The standard InChI is InChI=1S/C14H22N2O2S/c1-5-16(10-11(2)3)19(17,18)14-7-6-12(4)13(8-14)9-15/h6-8H,2,5,9-10,15H2,1,3-4H3. The molecule has 0 amide bonds. The second-order valence-electron chi connectivity index (χ2n) is 4.68. The van der Waals surface area contributed by atoms with Gasteiger partial charge in [-0.2, -0.15) is 4.31 Å². The van der Waals surface area contributed by atoms with Crippen LogP contribution in [0.5, 0.6) is 0 Å². The van der Waals surface area contributed by atoms with Gasteiger partial charge in [-0.05, 0) is 37.1 Å². The third kappa shape index (κ3) is 3.65. The average Bonchev–Trinajstić information content (AvgIpc) is 2.35. The van der Waals surface area contributed by atoms with E-state index in [0.717, 1.165) is 16.7 Å². The van der Waals surface area contributed by atoms with E-state index in [1.807, 2.05) is 20.8 Å². The maximum absolute atomic E-state index is 12.5. The average molecular weight is 282 g/mol. The number of benzene rings is 1. The summed E-state index contributed by atoms with van der Waals surface area (Å²) in [6.45, 7) is 10.4. The lowest BCUT2D eigenvalue weighted by Gasteiger charge is -2.21. The highest BCUT2D eigenvalue weighted by Crippen LogP contribution is 2.20. The van der Waals surface area contributed by atoms with Crippen molar-refractivity contribution in [1.82, 2.24) is 4.31 Å². The fourth-order valence-electron chi connectivity index (χ4n) is 1.85. The van der Waals surface area contributed by atoms with E-state index in [1.54, 1.807) is 18.2 Å². The predicted octanol–water partition coefficient (Wildman–Crippen LogP) is 2.04. The lowest BCUT2D eigenvalue weighted by atomic mass is 10.1. The first kappa shape index (κ1) is 15.9. The Morgan fingerprint density at radius 3 is 2.53 bits per heavy atom. The third-order valence-electron chi connectivity index (χ3n) is 2.98. The largest absolute Gasteiger partial charge is 0.326 e. The SMILES string of the molecule is C=C(C)CN(CC)S(=O)(=O)c1ccc(C)c(CN)c1. The molecule has 1 rings (SSSR count). The molecule has 0 heterocycles. The Labute approximate surface area is 116 Å². The van der Waals surface area contributed by atoms with E-state index in [-0.39, 0.29) is 0 Å². The fraction of sp³-hybridized carbons (Fsp3) is 0.429. The molecule has 0 spiro atoms. The quantitative estimate of drug-likeness (QED) is 0.812. The van der Waals surface area contributed by atoms with Gasteiger partial charge in [0.1, 0.15) is 0 Å². The number of nitrogens with zero attached hydrogens (tertiary/aromatic N) is 1. The zero-order chi connectivity index (χ0) is 14.6. The summed E-state index contributed by atoms with van der Waals surface area (Å²) in [6.07, 6.45) is 0. The van der Waals surface area contributed by atoms with Crippen molar-refractivity contribution >= 4 is 10.0 Å². The van der Waals surface area contributed by atoms with Gasteiger partial charge in [0.2, 0.25) is 10.0 Å². The van der Waals surface area contributed by atoms with E-state index in [2.05, 4.69) is 6.58 Å². The maximum Gasteiger partial charge on any atom is 0.243 e. The Hall–Kier alpha value is -1.17. The molecule has 0 aliphatic heterocycles. The molecule has 5 heteroatoms. The lowest BCUT2D eigenvalue weighted by Crippen LogP contribution is -2.32. The molecule has 0 fully saturated rings. The van der Waals surface area contributed by atoms with Crippen LogP contribution >= 0.6 is 0 Å². The van der Waals surface area contributed by atoms with Crippen molar-refractivity contribution in [3.8, 4) is 0 Å². The highest BCUT2D eigenvalue weighted by Gasteiger charge is 2.23. The van der Waals surface area contributed by atoms with Gasteiger partial charge in [-0.25, -0.2) is 8.42 Å². The van der Waals surface area contributed by atoms with E-state index < -0.39 is 10.0 Å². The van der Waals surface area contributed by atoms with E-state index >= 15 is 0 Å². The van der Waals surface area contributed by atoms with Gasteiger partial charge < -0.3 is 5.73 Å². The minimum Gasteiger partial charge on any atom is -0.326 e. The van der Waals surface area contributed by atoms with Crippen LogP contribution in [0.4, 0.5) is 0 Å². The zero-order valence-electron chi connectivity index (χ0n) is 11.8. The second-order valence-corrected chi connectivity index (χ2v) is 6.62. The van der Waals surface area contributed by atoms with E-state index in [4.69, 9.17) is 5.73 Å². The summed E-state index contributed by atoms with van der Waals surface area (Å²) < 4.78 is 26.5. The molecular formula is C14H22N2O2S. The van der Waals surface area contributed by atoms with Gasteiger partial charge in [0.25, 0.3) is 0 Å². The van der Waals surface area contributed by atoms with E-state index in [1.165, 1.54) is 4.31 Å². The number of aryl methyl sites for hydroxylation is 1. The first-order valence-corrected chi connectivity index (χ1v) is 7.71. The first-order chi connectivity index (χ1) is 8.82. The van der Waals surface area contributed by atoms with Gasteiger partial charge in [-0.3, -0.25) is 0 Å². The molecular weight excluding hydrogens is 260 g/mol. The summed E-state index contributed by atoms with van der Waals surface area (Å²) >= 11 is 0. The van der Waals surface area contributed by atoms with Crippen LogP contribution in [0.2, 0.25) is 0 Å². The van der Waals surface area contributed by atoms with Gasteiger partial charge in [-0.15, -0.1) is 0 Å². The lowest BCUT2D eigenvalue weighted by molar-refractivity contribution is 0.453. The molecule has 2 N–H and O–H groups in total. The Morgan fingerprint density at radius 1 is 1.42 bits per heavy atom. The monoisotopic (exact) mass is 282 g/mol. The summed E-state index contributed by atoms with van der Waals surface area (Å²) in [4.78, 5) is 0.293. The zero-order valence-corrected chi connectivity index (χ0v) is 12.6. The smallest absolute Gasteiger partial charge is 0.243 e. The fourth-order valence-corrected chi connectivity index (χ4v) is 3.40. The number of nitrogens with two attached hydrogens (primary N) is 1. The Balaban J connectivity index is 3.21. The van der Waals surface area contributed by atoms with Crippen LogP contribution in [0.1, 0.15) is 25.0 Å². The van der Waals surface area contributed by atoms with Crippen molar-refractivity contribution in [2.45, 2.75) is 32.2 Å². The van der Waals surface area contributed by atoms with Crippen molar-refractivity contribution in [3.05, 3.63) is 41.5 Å². The summed E-state index contributed by atoms with van der Waals surface area (Å²) in [5, 5.41) is 0. The van der Waals surface area contributed by atoms with Crippen LogP contribution in [-0.4, -0.2) is 25.8 Å². The highest BCUT2D eigenvalue weighted by molar-refractivity contribution is 7.89. The van der Waals surface area contributed by atoms with Crippen LogP contribution in [0, 0.1) is 6.92 Å². The molecule has 0 saturated carbocycles. The van der Waals surface area contributed by atoms with Crippen molar-refractivity contribution < 1.29 is 8.42 Å². The second kappa shape index (κ2) is 6.32. The van der Waals surface area contributed by atoms with E-state index in [0.29, 0.717) is 24.5 Å². The van der Waals surface area contributed by atoms with E-state index in [9.17, 15) is 8.42 Å². The number of rotatable bonds is 6. The predicted molar refractivity (Wildman–Crippen MR) is 78.3 cm³/mol. The Morgan fingerprint density at radius 2 is 2.05 bits per heavy atom. The highest BCUT2D eigenvalue weighted by atomic mass is 32.2. The molecule has 1 aromatic rings. The minimum absolute atomic E-state index is 0.293. The molecule has 0 saturated heterocycles. The molecule has 0 aliphatic rings. The molecule has 0 atom stereocenters. The third-order valence-corrected chi connectivity index (χ3v) is 4.89. The number of likely N-dealkylation sites (N-methyl/N-ethyl adjacent to an activating group) is 1. The van der Waals surface area contributed by atoms with Crippen molar-refractivity contribution in [3.63, 3.8) is 0 Å². The van der Waals surface area contributed by atoms with Crippen LogP contribution in [0.15, 0.2) is 35.2 Å². The molecule has 4 nitrogen and oxygen atoms in total. The van der Waals surface area contributed by atoms with Crippen LogP contribution in [0.25, 0.3) is 0 Å². The Bertz CT molecular complexity index is 565. The first-order valence-electron chi connectivity index (χ1n) is 6.27. The molecule has 19 heavy (non-hydrogen) atoms. The number of hydrogen-bond acceptors (Lipinski definition) is 3. The normalized spacial score (nSPS) is 11.8. The summed E-state index contributed by atoms with van der Waals surface area (Å²) in [6, 6.07) is 5.08. The number of hydrogen-bond donors (Lipinski definition) is 1. The minimum atomic E-state index is -3.48. The van der Waals surface area contributed by atoms with Gasteiger partial charge in [0.05, 0.1) is 4.90 Å². The molecule has 0 aliphatic carbocycles. The summed E-state index contributed by atoms with van der Waals surface area (Å²) in [7, 11) is -3.48. The molecule has 0 bridgehead atoms. The molecule has 0 radical (unpaired) electrons. The molecule has 1 aromatic carbocycles. The van der Waals surface area contributed by atoms with Gasteiger partial charge in [0.15, 0.2) is 0 Å². The maximum atomic E-state index is 12.5. The van der Waals surface area contributed by atoms with Crippen molar-refractivity contribution in [1.29, 1.82) is 0 Å². The summed E-state index contributed by atoms with van der Waals surface area (Å²) in [5.74, 6) is 0. The van der Waals surface area contributed by atoms with Gasteiger partial charge >= 0.3 is 0 Å². The van der Waals surface area contributed by atoms with Gasteiger partial charge in [-0.1, -0.05) is 25.1 Å². The Kier molecular flexibility index (Phi) is 5.29. The van der Waals surface area contributed by atoms with Crippen LogP contribution in [-0.2, 0) is 16.6 Å². The van der Waals surface area contributed by atoms with Crippen LogP contribution < -0.4 is 5.73 Å². The topological polar surface area (TPSA) is 63.4 Å². The van der Waals surface area contributed by atoms with Crippen molar-refractivity contribution in [2.75, 3.05) is 13.1 Å². The molecule has 0 aromatic heterocycles. The number of sulfonamides is 1. The molecule has 106 valence electrons. The van der Waals surface area contributed by atoms with Gasteiger partial charge in [0, 0.05) is 19.6 Å². The summed E-state index contributed by atoms with van der Waals surface area (Å²) in [5.41, 5.74) is 8.30. The van der Waals surface area contributed by atoms with Crippen LogP contribution in [0.3, 0.4) is 0 Å². The van der Waals surface area contributed by atoms with Crippen molar-refractivity contribution in [2.24, 2.45) is 5.73 Å².